The Morgan fingerprint density at radius 3 is 2.69 bits per heavy atom. The van der Waals surface area contributed by atoms with Gasteiger partial charge in [-0.1, -0.05) is 47.1 Å². The molecule has 5 rings (SSSR count). The van der Waals surface area contributed by atoms with E-state index in [0.29, 0.717) is 23.8 Å². The molecule has 6 nitrogen and oxygen atoms in total. The number of hydrogen-bond acceptors (Lipinski definition) is 4. The quantitative estimate of drug-likeness (QED) is 0.720. The number of anilines is 1. The second-order valence-electron chi connectivity index (χ2n) is 7.17. The van der Waals surface area contributed by atoms with Crippen LogP contribution < -0.4 is 10.2 Å². The first-order chi connectivity index (χ1) is 12.6. The van der Waals surface area contributed by atoms with E-state index >= 15 is 0 Å². The van der Waals surface area contributed by atoms with Crippen molar-refractivity contribution in [1.82, 2.24) is 10.5 Å². The number of imide groups is 1. The van der Waals surface area contributed by atoms with Crippen LogP contribution in [-0.2, 0) is 4.79 Å². The molecule has 2 aliphatic rings. The molecule has 1 saturated carbocycles. The van der Waals surface area contributed by atoms with Crippen LogP contribution in [0.2, 0.25) is 0 Å². The highest BCUT2D eigenvalue weighted by molar-refractivity contribution is 6.25. The highest BCUT2D eigenvalue weighted by atomic mass is 16.5. The van der Waals surface area contributed by atoms with Crippen molar-refractivity contribution in [1.29, 1.82) is 0 Å². The molecule has 130 valence electrons. The van der Waals surface area contributed by atoms with Gasteiger partial charge in [-0.25, -0.2) is 9.69 Å². The Bertz CT molecular complexity index is 1030. The number of aryl methyl sites for hydroxylation is 1. The molecule has 3 aromatic rings. The van der Waals surface area contributed by atoms with Crippen LogP contribution in [0.15, 0.2) is 53.1 Å². The van der Waals surface area contributed by atoms with Crippen molar-refractivity contribution in [2.24, 2.45) is 0 Å². The van der Waals surface area contributed by atoms with Crippen molar-refractivity contribution in [3.63, 3.8) is 0 Å². The van der Waals surface area contributed by atoms with Crippen molar-refractivity contribution >= 4 is 28.7 Å². The van der Waals surface area contributed by atoms with E-state index < -0.39 is 11.6 Å². The second-order valence-corrected chi connectivity index (χ2v) is 7.17. The Balaban J connectivity index is 1.46. The number of hydrogen-bond donors (Lipinski definition) is 1. The van der Waals surface area contributed by atoms with Gasteiger partial charge < -0.3 is 9.84 Å². The van der Waals surface area contributed by atoms with Gasteiger partial charge in [-0.2, -0.15) is 0 Å². The van der Waals surface area contributed by atoms with Gasteiger partial charge in [0.15, 0.2) is 11.4 Å². The number of rotatable bonds is 2. The highest BCUT2D eigenvalue weighted by Gasteiger charge is 2.59. The summed E-state index contributed by atoms with van der Waals surface area (Å²) in [6.45, 7) is 1.94. The zero-order valence-corrected chi connectivity index (χ0v) is 14.2. The molecule has 2 aromatic carbocycles. The number of fused-ring (bicyclic) bond motifs is 1. The normalized spacial score (nSPS) is 25.0. The summed E-state index contributed by atoms with van der Waals surface area (Å²) in [6.07, 6.45) is 1.21. The van der Waals surface area contributed by atoms with E-state index in [0.717, 1.165) is 10.5 Å². The molecule has 1 aromatic heterocycles. The van der Waals surface area contributed by atoms with Crippen molar-refractivity contribution < 1.29 is 14.1 Å². The monoisotopic (exact) mass is 347 g/mol. The fourth-order valence-electron chi connectivity index (χ4n) is 4.03. The first-order valence-electron chi connectivity index (χ1n) is 8.65. The van der Waals surface area contributed by atoms with Gasteiger partial charge >= 0.3 is 6.03 Å². The Morgan fingerprint density at radius 1 is 1.15 bits per heavy atom. The van der Waals surface area contributed by atoms with Gasteiger partial charge in [0.2, 0.25) is 0 Å². The van der Waals surface area contributed by atoms with Gasteiger partial charge in [-0.15, -0.1) is 0 Å². The molecule has 0 atom stereocenters. The average molecular weight is 347 g/mol. The van der Waals surface area contributed by atoms with Crippen molar-refractivity contribution in [3.05, 3.63) is 59.7 Å². The maximum atomic E-state index is 13.1. The summed E-state index contributed by atoms with van der Waals surface area (Å²) in [5.74, 6) is 0.300. The fraction of sp³-hybridized carbons (Fsp3) is 0.250. The van der Waals surface area contributed by atoms with Gasteiger partial charge in [0.05, 0.1) is 5.39 Å². The standard InChI is InChI=1S/C20H17N3O3/c1-12-7-8-16-15(9-12)17(22-26-16)23-18(24)20(21-19(23)25)10-14(11-20)13-5-3-2-4-6-13/h2-9,14H,10-11H2,1H3,(H,21,25). The number of benzene rings is 2. The molecule has 1 aliphatic heterocycles. The zero-order valence-electron chi connectivity index (χ0n) is 14.2. The van der Waals surface area contributed by atoms with Crippen LogP contribution in [0, 0.1) is 6.92 Å². The first-order valence-corrected chi connectivity index (χ1v) is 8.65. The highest BCUT2D eigenvalue weighted by Crippen LogP contribution is 2.48. The summed E-state index contributed by atoms with van der Waals surface area (Å²) in [5, 5.41) is 7.55. The molecule has 0 radical (unpaired) electrons. The van der Waals surface area contributed by atoms with E-state index in [1.165, 1.54) is 5.56 Å². The summed E-state index contributed by atoms with van der Waals surface area (Å²) >= 11 is 0. The van der Waals surface area contributed by atoms with E-state index in [2.05, 4.69) is 22.6 Å². The lowest BCUT2D eigenvalue weighted by Crippen LogP contribution is -2.56. The van der Waals surface area contributed by atoms with E-state index in [4.69, 9.17) is 4.52 Å². The predicted octanol–water partition coefficient (Wildman–Crippen LogP) is 3.51. The maximum absolute atomic E-state index is 13.1. The molecule has 1 saturated heterocycles. The molecule has 26 heavy (non-hydrogen) atoms. The Hall–Kier alpha value is -3.15. The number of carbonyl (C=O) groups is 2. The van der Waals surface area contributed by atoms with Crippen LogP contribution in [0.3, 0.4) is 0 Å². The molecule has 2 fully saturated rings. The van der Waals surface area contributed by atoms with Crippen molar-refractivity contribution in [3.8, 4) is 0 Å². The fourth-order valence-corrected chi connectivity index (χ4v) is 4.03. The summed E-state index contributed by atoms with van der Waals surface area (Å²) in [4.78, 5) is 26.8. The molecule has 0 unspecified atom stereocenters. The van der Waals surface area contributed by atoms with Gasteiger partial charge in [0.1, 0.15) is 5.54 Å². The minimum Gasteiger partial charge on any atom is -0.354 e. The minimum atomic E-state index is -0.827. The molecule has 0 bridgehead atoms. The lowest BCUT2D eigenvalue weighted by Gasteiger charge is -2.42. The third kappa shape index (κ3) is 2.02. The molecule has 3 amide bonds. The number of aromatic nitrogens is 1. The van der Waals surface area contributed by atoms with Gasteiger partial charge in [-0.05, 0) is 43.4 Å². The summed E-state index contributed by atoms with van der Waals surface area (Å²) in [5.41, 5.74) is 1.94. The molecule has 1 aliphatic carbocycles. The van der Waals surface area contributed by atoms with Crippen LogP contribution in [0.4, 0.5) is 10.6 Å². The minimum absolute atomic E-state index is 0.244. The lowest BCUT2D eigenvalue weighted by atomic mass is 9.65. The number of urea groups is 1. The summed E-state index contributed by atoms with van der Waals surface area (Å²) < 4.78 is 5.30. The molecule has 6 heteroatoms. The predicted molar refractivity (Wildman–Crippen MR) is 95.9 cm³/mol. The largest absolute Gasteiger partial charge is 0.354 e. The Labute approximate surface area is 149 Å². The van der Waals surface area contributed by atoms with E-state index in [1.807, 2.05) is 37.3 Å². The Kier molecular flexibility index (Phi) is 3.01. The van der Waals surface area contributed by atoms with E-state index in [-0.39, 0.29) is 17.6 Å². The van der Waals surface area contributed by atoms with Crippen LogP contribution in [0.25, 0.3) is 11.0 Å². The summed E-state index contributed by atoms with van der Waals surface area (Å²) in [7, 11) is 0. The summed E-state index contributed by atoms with van der Waals surface area (Å²) in [6, 6.07) is 15.2. The SMILES string of the molecule is Cc1ccc2onc(N3C(=O)NC4(CC(c5ccccc5)C4)C3=O)c2c1. The smallest absolute Gasteiger partial charge is 0.331 e. The number of amides is 3. The second kappa shape index (κ2) is 5.17. The van der Waals surface area contributed by atoms with Crippen molar-refractivity contribution in [2.75, 3.05) is 4.90 Å². The molecular formula is C20H17N3O3. The van der Waals surface area contributed by atoms with Crippen molar-refractivity contribution in [2.45, 2.75) is 31.2 Å². The first kappa shape index (κ1) is 15.1. The third-order valence-corrected chi connectivity index (χ3v) is 5.44. The van der Waals surface area contributed by atoms with Crippen LogP contribution in [-0.4, -0.2) is 22.6 Å². The van der Waals surface area contributed by atoms with Gasteiger partial charge in [0.25, 0.3) is 5.91 Å². The third-order valence-electron chi connectivity index (χ3n) is 5.44. The van der Waals surface area contributed by atoms with Crippen LogP contribution >= 0.6 is 0 Å². The lowest BCUT2D eigenvalue weighted by molar-refractivity contribution is -0.125. The number of nitrogens with one attached hydrogen (secondary N) is 1. The number of nitrogens with zero attached hydrogens (tertiary/aromatic N) is 2. The zero-order chi connectivity index (χ0) is 17.9. The topological polar surface area (TPSA) is 75.4 Å². The van der Waals surface area contributed by atoms with Crippen LogP contribution in [0.5, 0.6) is 0 Å². The van der Waals surface area contributed by atoms with E-state index in [1.54, 1.807) is 6.07 Å². The Morgan fingerprint density at radius 2 is 1.92 bits per heavy atom. The van der Waals surface area contributed by atoms with Gasteiger partial charge in [0, 0.05) is 0 Å². The van der Waals surface area contributed by atoms with Crippen LogP contribution in [0.1, 0.15) is 29.9 Å². The van der Waals surface area contributed by atoms with Gasteiger partial charge in [-0.3, -0.25) is 4.79 Å². The van der Waals surface area contributed by atoms with E-state index in [9.17, 15) is 9.59 Å². The molecule has 2 heterocycles. The number of carbonyl (C=O) groups excluding carboxylic acids is 2. The maximum Gasteiger partial charge on any atom is 0.331 e. The molecule has 1 N–H and O–H groups in total. The molecular weight excluding hydrogens is 330 g/mol. The average Bonchev–Trinajstić information content (AvgIpc) is 3.12. The molecule has 1 spiro atoms.